The van der Waals surface area contributed by atoms with Crippen LogP contribution in [0.1, 0.15) is 28.5 Å². The van der Waals surface area contributed by atoms with Crippen molar-refractivity contribution in [2.24, 2.45) is 0 Å². The molecule has 144 valence electrons. The molecule has 2 N–H and O–H groups in total. The Balaban J connectivity index is 1.46. The number of benzene rings is 2. The molecule has 0 saturated carbocycles. The summed E-state index contributed by atoms with van der Waals surface area (Å²) in [6, 6.07) is 18.9. The Hall–Kier alpha value is -3.67. The van der Waals surface area contributed by atoms with Crippen molar-refractivity contribution in [3.05, 3.63) is 102 Å². The molecule has 5 aromatic rings. The molecule has 3 heterocycles. The quantitative estimate of drug-likeness (QED) is 0.448. The number of aryl methyl sites for hydroxylation is 2. The van der Waals surface area contributed by atoms with Crippen molar-refractivity contribution in [1.82, 2.24) is 29.7 Å². The summed E-state index contributed by atoms with van der Waals surface area (Å²) in [6.45, 7) is 0.768. The lowest BCUT2D eigenvalue weighted by atomic mass is 10.1. The van der Waals surface area contributed by atoms with Crippen molar-refractivity contribution in [1.29, 1.82) is 0 Å². The fourth-order valence-electron chi connectivity index (χ4n) is 3.75. The maximum Gasteiger partial charge on any atom is 0.137 e. The lowest BCUT2D eigenvalue weighted by Gasteiger charge is -2.10. The van der Waals surface area contributed by atoms with E-state index in [4.69, 9.17) is 0 Å². The summed E-state index contributed by atoms with van der Waals surface area (Å²) in [5.74, 6) is 1.98. The Morgan fingerprint density at radius 2 is 1.66 bits per heavy atom. The molecule has 0 amide bonds. The molecular formula is C23H22N6. The van der Waals surface area contributed by atoms with Crippen molar-refractivity contribution in [3.8, 4) is 0 Å². The zero-order valence-electron chi connectivity index (χ0n) is 16.0. The van der Waals surface area contributed by atoms with Gasteiger partial charge in [0.25, 0.3) is 0 Å². The zero-order chi connectivity index (χ0) is 19.5. The van der Waals surface area contributed by atoms with Gasteiger partial charge in [-0.2, -0.15) is 0 Å². The summed E-state index contributed by atoms with van der Waals surface area (Å²) in [4.78, 5) is 10.6. The van der Waals surface area contributed by atoms with E-state index in [-0.39, 0.29) is 0 Å². The van der Waals surface area contributed by atoms with E-state index >= 15 is 0 Å². The Morgan fingerprint density at radius 1 is 0.828 bits per heavy atom. The van der Waals surface area contributed by atoms with E-state index in [1.807, 2.05) is 18.3 Å². The van der Waals surface area contributed by atoms with E-state index in [2.05, 4.69) is 78.4 Å². The molecule has 0 saturated heterocycles. The first-order chi connectivity index (χ1) is 14.4. The molecule has 0 fully saturated rings. The van der Waals surface area contributed by atoms with Crippen LogP contribution in [0.3, 0.4) is 0 Å². The minimum absolute atomic E-state index is 0.744. The molecule has 5 rings (SSSR count). The van der Waals surface area contributed by atoms with E-state index < -0.39 is 0 Å². The van der Waals surface area contributed by atoms with Crippen molar-refractivity contribution >= 4 is 10.9 Å². The normalized spacial score (nSPS) is 11.3. The second-order valence-corrected chi connectivity index (χ2v) is 7.22. The van der Waals surface area contributed by atoms with Crippen molar-refractivity contribution in [3.63, 3.8) is 0 Å². The molecule has 0 radical (unpaired) electrons. The van der Waals surface area contributed by atoms with Crippen LogP contribution in [0.25, 0.3) is 10.9 Å². The number of aromatic nitrogens is 6. The van der Waals surface area contributed by atoms with Crippen LogP contribution in [-0.4, -0.2) is 29.7 Å². The minimum atomic E-state index is 0.744. The van der Waals surface area contributed by atoms with Crippen LogP contribution >= 0.6 is 0 Å². The Kier molecular flexibility index (Phi) is 4.66. The first-order valence-corrected chi connectivity index (χ1v) is 9.84. The van der Waals surface area contributed by atoms with Crippen molar-refractivity contribution in [2.45, 2.75) is 25.8 Å². The van der Waals surface area contributed by atoms with Gasteiger partial charge in [-0.05, 0) is 23.6 Å². The molecular weight excluding hydrogens is 360 g/mol. The summed E-state index contributed by atoms with van der Waals surface area (Å²) >= 11 is 0. The Morgan fingerprint density at radius 3 is 2.52 bits per heavy atom. The summed E-state index contributed by atoms with van der Waals surface area (Å²) < 4.78 is 2.26. The number of hydrogen-bond donors (Lipinski definition) is 2. The molecule has 29 heavy (non-hydrogen) atoms. The van der Waals surface area contributed by atoms with Gasteiger partial charge in [0.05, 0.1) is 12.9 Å². The second kappa shape index (κ2) is 7.75. The summed E-state index contributed by atoms with van der Waals surface area (Å²) in [7, 11) is 0. The number of imidazole rings is 1. The number of fused-ring (bicyclic) bond motifs is 1. The summed E-state index contributed by atoms with van der Waals surface area (Å²) in [6.07, 6.45) is 8.08. The van der Waals surface area contributed by atoms with Crippen LogP contribution in [-0.2, 0) is 25.8 Å². The highest BCUT2D eigenvalue weighted by molar-refractivity contribution is 5.83. The van der Waals surface area contributed by atoms with E-state index in [1.165, 1.54) is 16.5 Å². The molecule has 0 spiro atoms. The Bertz CT molecular complexity index is 1200. The highest BCUT2D eigenvalue weighted by atomic mass is 15.3. The molecule has 0 aliphatic carbocycles. The lowest BCUT2D eigenvalue weighted by molar-refractivity contribution is 0.682. The molecule has 0 unspecified atom stereocenters. The molecule has 6 heteroatoms. The first kappa shape index (κ1) is 17.4. The van der Waals surface area contributed by atoms with Gasteiger partial charge >= 0.3 is 0 Å². The average Bonchev–Trinajstić information content (AvgIpc) is 3.50. The fourth-order valence-corrected chi connectivity index (χ4v) is 3.75. The number of hydrogen-bond acceptors (Lipinski definition) is 3. The zero-order valence-corrected chi connectivity index (χ0v) is 16.0. The number of nitrogens with zero attached hydrogens (tertiary/aromatic N) is 4. The van der Waals surface area contributed by atoms with Gasteiger partial charge in [0, 0.05) is 41.8 Å². The van der Waals surface area contributed by atoms with E-state index in [0.29, 0.717) is 0 Å². The third kappa shape index (κ3) is 3.69. The molecule has 0 aliphatic rings. The van der Waals surface area contributed by atoms with Gasteiger partial charge in [-0.3, -0.25) is 0 Å². The molecule has 3 aromatic heterocycles. The number of H-pyrrole nitrogens is 2. The maximum atomic E-state index is 4.57. The Labute approximate surface area is 168 Å². The molecule has 0 aliphatic heterocycles. The SMILES string of the molecule is c1ccc(Cn2c(CCc3cnc[nH]3)nnc2Cc2c[nH]c3ccccc23)cc1. The average molecular weight is 382 g/mol. The van der Waals surface area contributed by atoms with Gasteiger partial charge in [-0.25, -0.2) is 4.98 Å². The lowest BCUT2D eigenvalue weighted by Crippen LogP contribution is -2.10. The van der Waals surface area contributed by atoms with Crippen LogP contribution in [0, 0.1) is 0 Å². The predicted octanol–water partition coefficient (Wildman–Crippen LogP) is 3.91. The van der Waals surface area contributed by atoms with E-state index in [0.717, 1.165) is 48.7 Å². The standard InChI is InChI=1S/C23H22N6/c1-2-6-17(7-3-1)15-29-22(11-10-19-14-24-16-26-19)27-28-23(29)12-18-13-25-21-9-5-4-8-20(18)21/h1-9,13-14,16,25H,10-12,15H2,(H,24,26). The monoisotopic (exact) mass is 382 g/mol. The fraction of sp³-hybridized carbons (Fsp3) is 0.174. The molecule has 0 atom stereocenters. The van der Waals surface area contributed by atoms with Crippen LogP contribution in [0.2, 0.25) is 0 Å². The van der Waals surface area contributed by atoms with Gasteiger partial charge < -0.3 is 14.5 Å². The van der Waals surface area contributed by atoms with E-state index in [9.17, 15) is 0 Å². The van der Waals surface area contributed by atoms with Gasteiger partial charge in [0.2, 0.25) is 0 Å². The number of rotatable bonds is 7. The van der Waals surface area contributed by atoms with Gasteiger partial charge in [-0.1, -0.05) is 48.5 Å². The van der Waals surface area contributed by atoms with Gasteiger partial charge in [0.1, 0.15) is 11.6 Å². The maximum absolute atomic E-state index is 4.57. The largest absolute Gasteiger partial charge is 0.361 e. The number of nitrogens with one attached hydrogen (secondary N) is 2. The van der Waals surface area contributed by atoms with Crippen molar-refractivity contribution < 1.29 is 0 Å². The molecule has 6 nitrogen and oxygen atoms in total. The summed E-state index contributed by atoms with van der Waals surface area (Å²) in [5, 5.41) is 10.3. The topological polar surface area (TPSA) is 75.2 Å². The van der Waals surface area contributed by atoms with Crippen LogP contribution in [0.4, 0.5) is 0 Å². The summed E-state index contributed by atoms with van der Waals surface area (Å²) in [5.41, 5.74) is 4.74. The van der Waals surface area contributed by atoms with E-state index in [1.54, 1.807) is 6.33 Å². The highest BCUT2D eigenvalue weighted by Gasteiger charge is 2.15. The third-order valence-electron chi connectivity index (χ3n) is 5.28. The van der Waals surface area contributed by atoms with Crippen LogP contribution < -0.4 is 0 Å². The second-order valence-electron chi connectivity index (χ2n) is 7.22. The van der Waals surface area contributed by atoms with Crippen LogP contribution in [0.5, 0.6) is 0 Å². The van der Waals surface area contributed by atoms with Crippen molar-refractivity contribution in [2.75, 3.05) is 0 Å². The minimum Gasteiger partial charge on any atom is -0.361 e. The number of aromatic amines is 2. The highest BCUT2D eigenvalue weighted by Crippen LogP contribution is 2.21. The third-order valence-corrected chi connectivity index (χ3v) is 5.28. The predicted molar refractivity (Wildman–Crippen MR) is 113 cm³/mol. The molecule has 0 bridgehead atoms. The molecule has 2 aromatic carbocycles. The number of para-hydroxylation sites is 1. The smallest absolute Gasteiger partial charge is 0.137 e. The van der Waals surface area contributed by atoms with Gasteiger partial charge in [0.15, 0.2) is 0 Å². The van der Waals surface area contributed by atoms with Crippen LogP contribution in [0.15, 0.2) is 73.3 Å². The van der Waals surface area contributed by atoms with Gasteiger partial charge in [-0.15, -0.1) is 10.2 Å². The first-order valence-electron chi connectivity index (χ1n) is 9.84.